The van der Waals surface area contributed by atoms with Gasteiger partial charge in [-0.1, -0.05) is 24.3 Å². The molecule has 0 atom stereocenters. The fraction of sp³-hybridized carbons (Fsp3) is 0.0909. The molecule has 9 nitrogen and oxygen atoms in total. The zero-order valence-electron chi connectivity index (χ0n) is 16.3. The molecule has 0 saturated carbocycles. The lowest BCUT2D eigenvalue weighted by atomic mass is 10.1. The third-order valence-corrected chi connectivity index (χ3v) is 4.76. The standard InChI is InChI=1S/C22H17N5O4/c28-21(16-7-9-17(10-8-16)27(30)31)24-13-20-18-5-1-2-6-19(18)22(29)26(25-20)14-15-4-3-11-23-12-15/h1-12H,13-14H2,(H,24,28). The summed E-state index contributed by atoms with van der Waals surface area (Å²) in [5.74, 6) is -0.397. The van der Waals surface area contributed by atoms with Crippen molar-refractivity contribution in [3.8, 4) is 0 Å². The summed E-state index contributed by atoms with van der Waals surface area (Å²) in [5, 5.41) is 19.2. The van der Waals surface area contributed by atoms with Gasteiger partial charge in [-0.3, -0.25) is 24.7 Å². The summed E-state index contributed by atoms with van der Waals surface area (Å²) in [5.41, 5.74) is 1.33. The average molecular weight is 415 g/mol. The summed E-state index contributed by atoms with van der Waals surface area (Å²) in [6, 6.07) is 16.1. The molecule has 31 heavy (non-hydrogen) atoms. The molecule has 2 aromatic heterocycles. The van der Waals surface area contributed by atoms with Crippen LogP contribution in [0.3, 0.4) is 0 Å². The van der Waals surface area contributed by atoms with Gasteiger partial charge in [0.15, 0.2) is 0 Å². The van der Waals surface area contributed by atoms with Crippen molar-refractivity contribution in [2.45, 2.75) is 13.1 Å². The van der Waals surface area contributed by atoms with E-state index in [1.807, 2.05) is 6.07 Å². The highest BCUT2D eigenvalue weighted by Gasteiger charge is 2.13. The Bertz CT molecular complexity index is 1320. The van der Waals surface area contributed by atoms with Crippen LogP contribution in [0, 0.1) is 10.1 Å². The van der Waals surface area contributed by atoms with Crippen LogP contribution in [0.4, 0.5) is 5.69 Å². The van der Waals surface area contributed by atoms with Crippen LogP contribution in [-0.2, 0) is 13.1 Å². The molecule has 9 heteroatoms. The number of non-ortho nitro benzene ring substituents is 1. The molecule has 4 aromatic rings. The van der Waals surface area contributed by atoms with Gasteiger partial charge in [-0.15, -0.1) is 0 Å². The Kier molecular flexibility index (Phi) is 5.48. The Morgan fingerprint density at radius 1 is 1.03 bits per heavy atom. The fourth-order valence-electron chi connectivity index (χ4n) is 3.21. The Morgan fingerprint density at radius 2 is 1.77 bits per heavy atom. The van der Waals surface area contributed by atoms with Crippen LogP contribution in [-0.4, -0.2) is 25.6 Å². The van der Waals surface area contributed by atoms with Gasteiger partial charge in [0.05, 0.1) is 29.1 Å². The lowest BCUT2D eigenvalue weighted by molar-refractivity contribution is -0.384. The number of hydrogen-bond donors (Lipinski definition) is 1. The summed E-state index contributed by atoms with van der Waals surface area (Å²) in [6.45, 7) is 0.338. The van der Waals surface area contributed by atoms with E-state index in [0.29, 0.717) is 22.0 Å². The molecule has 2 aromatic carbocycles. The Morgan fingerprint density at radius 3 is 2.45 bits per heavy atom. The summed E-state index contributed by atoms with van der Waals surface area (Å²) in [4.78, 5) is 39.7. The van der Waals surface area contributed by atoms with Gasteiger partial charge in [0, 0.05) is 35.5 Å². The maximum Gasteiger partial charge on any atom is 0.274 e. The Hall–Kier alpha value is -4.40. The molecule has 1 N–H and O–H groups in total. The summed E-state index contributed by atoms with van der Waals surface area (Å²) >= 11 is 0. The summed E-state index contributed by atoms with van der Waals surface area (Å²) in [6.07, 6.45) is 3.32. The third kappa shape index (κ3) is 4.30. The van der Waals surface area contributed by atoms with Gasteiger partial charge >= 0.3 is 0 Å². The van der Waals surface area contributed by atoms with Crippen LogP contribution in [0.15, 0.2) is 77.9 Å². The van der Waals surface area contributed by atoms with E-state index in [1.165, 1.54) is 28.9 Å². The lowest BCUT2D eigenvalue weighted by Crippen LogP contribution is -2.29. The number of nitrogens with zero attached hydrogens (tertiary/aromatic N) is 4. The first kappa shape index (κ1) is 19.9. The highest BCUT2D eigenvalue weighted by molar-refractivity contribution is 5.94. The van der Waals surface area contributed by atoms with Gasteiger partial charge in [-0.2, -0.15) is 5.10 Å². The zero-order valence-corrected chi connectivity index (χ0v) is 16.3. The average Bonchev–Trinajstić information content (AvgIpc) is 2.80. The van der Waals surface area contributed by atoms with Crippen molar-refractivity contribution in [1.82, 2.24) is 20.1 Å². The molecule has 0 spiro atoms. The molecule has 1 amide bonds. The van der Waals surface area contributed by atoms with E-state index in [9.17, 15) is 19.7 Å². The minimum atomic E-state index is -0.525. The Balaban J connectivity index is 1.62. The van der Waals surface area contributed by atoms with Gasteiger partial charge in [0.2, 0.25) is 0 Å². The largest absolute Gasteiger partial charge is 0.346 e. The molecule has 0 aliphatic heterocycles. The zero-order chi connectivity index (χ0) is 21.8. The van der Waals surface area contributed by atoms with Gasteiger partial charge in [0.25, 0.3) is 17.2 Å². The second-order valence-electron chi connectivity index (χ2n) is 6.80. The monoisotopic (exact) mass is 415 g/mol. The van der Waals surface area contributed by atoms with E-state index in [2.05, 4.69) is 15.4 Å². The first-order valence-electron chi connectivity index (χ1n) is 9.43. The van der Waals surface area contributed by atoms with Gasteiger partial charge < -0.3 is 5.32 Å². The van der Waals surface area contributed by atoms with Crippen LogP contribution in [0.25, 0.3) is 10.8 Å². The van der Waals surface area contributed by atoms with Crippen LogP contribution in [0.5, 0.6) is 0 Å². The predicted molar refractivity (Wildman–Crippen MR) is 114 cm³/mol. The summed E-state index contributed by atoms with van der Waals surface area (Å²) in [7, 11) is 0. The molecule has 4 rings (SSSR count). The van der Waals surface area contributed by atoms with Crippen LogP contribution >= 0.6 is 0 Å². The van der Waals surface area contributed by atoms with Crippen LogP contribution < -0.4 is 10.9 Å². The smallest absolute Gasteiger partial charge is 0.274 e. The topological polar surface area (TPSA) is 120 Å². The first-order chi connectivity index (χ1) is 15.0. The number of fused-ring (bicyclic) bond motifs is 1. The quantitative estimate of drug-likeness (QED) is 0.382. The van der Waals surface area contributed by atoms with Crippen molar-refractivity contribution in [3.05, 3.63) is 110 Å². The van der Waals surface area contributed by atoms with E-state index in [1.54, 1.807) is 42.7 Å². The molecule has 0 fully saturated rings. The number of benzene rings is 2. The predicted octanol–water partition coefficient (Wildman–Crippen LogP) is 2.68. The molecule has 0 aliphatic carbocycles. The summed E-state index contributed by atoms with van der Waals surface area (Å²) < 4.78 is 1.35. The van der Waals surface area contributed by atoms with Crippen molar-refractivity contribution < 1.29 is 9.72 Å². The molecule has 0 aliphatic rings. The van der Waals surface area contributed by atoms with E-state index >= 15 is 0 Å². The van der Waals surface area contributed by atoms with Crippen LogP contribution in [0.2, 0.25) is 0 Å². The van der Waals surface area contributed by atoms with E-state index < -0.39 is 10.8 Å². The maximum absolute atomic E-state index is 12.9. The number of nitro groups is 1. The normalized spacial score (nSPS) is 10.7. The molecular weight excluding hydrogens is 398 g/mol. The number of amides is 1. The molecular formula is C22H17N5O4. The molecule has 0 unspecified atom stereocenters. The SMILES string of the molecule is O=C(NCc1nn(Cc2cccnc2)c(=O)c2ccccc12)c1ccc([N+](=O)[O-])cc1. The fourth-order valence-corrected chi connectivity index (χ4v) is 3.21. The molecule has 0 bridgehead atoms. The molecule has 0 saturated heterocycles. The van der Waals surface area contributed by atoms with Crippen molar-refractivity contribution in [2.75, 3.05) is 0 Å². The van der Waals surface area contributed by atoms with Crippen molar-refractivity contribution in [3.63, 3.8) is 0 Å². The highest BCUT2D eigenvalue weighted by atomic mass is 16.6. The van der Waals surface area contributed by atoms with Crippen molar-refractivity contribution in [2.24, 2.45) is 0 Å². The minimum absolute atomic E-state index is 0.0870. The molecule has 2 heterocycles. The number of pyridine rings is 1. The van der Waals surface area contributed by atoms with Crippen LogP contribution in [0.1, 0.15) is 21.6 Å². The van der Waals surface area contributed by atoms with E-state index in [4.69, 9.17) is 0 Å². The number of aromatic nitrogens is 3. The van der Waals surface area contributed by atoms with Crippen molar-refractivity contribution >= 4 is 22.4 Å². The molecule has 0 radical (unpaired) electrons. The number of rotatable bonds is 6. The number of nitrogens with one attached hydrogen (secondary N) is 1. The van der Waals surface area contributed by atoms with Crippen molar-refractivity contribution in [1.29, 1.82) is 0 Å². The van der Waals surface area contributed by atoms with Gasteiger partial charge in [-0.25, -0.2) is 4.68 Å². The number of carbonyl (C=O) groups excluding carboxylic acids is 1. The second kappa shape index (κ2) is 8.54. The second-order valence-corrected chi connectivity index (χ2v) is 6.80. The van der Waals surface area contributed by atoms with Gasteiger partial charge in [-0.05, 0) is 29.8 Å². The number of nitro benzene ring substituents is 1. The molecule has 154 valence electrons. The number of hydrogen-bond acceptors (Lipinski definition) is 6. The third-order valence-electron chi connectivity index (χ3n) is 4.76. The van der Waals surface area contributed by atoms with E-state index in [0.717, 1.165) is 5.56 Å². The van der Waals surface area contributed by atoms with E-state index in [-0.39, 0.29) is 24.3 Å². The van der Waals surface area contributed by atoms with Gasteiger partial charge in [0.1, 0.15) is 0 Å². The lowest BCUT2D eigenvalue weighted by Gasteiger charge is -2.12. The maximum atomic E-state index is 12.9. The first-order valence-corrected chi connectivity index (χ1v) is 9.43. The highest BCUT2D eigenvalue weighted by Crippen LogP contribution is 2.15. The minimum Gasteiger partial charge on any atom is -0.346 e. The Labute approximate surface area is 176 Å². The number of carbonyl (C=O) groups is 1.